The zero-order valence-corrected chi connectivity index (χ0v) is 11.3. The molecule has 0 radical (unpaired) electrons. The van der Waals surface area contributed by atoms with Gasteiger partial charge in [0.2, 0.25) is 0 Å². The fraction of sp³-hybridized carbons (Fsp3) is 0.643. The highest BCUT2D eigenvalue weighted by molar-refractivity contribution is 5.09. The monoisotopic (exact) mass is 249 g/mol. The fourth-order valence-corrected chi connectivity index (χ4v) is 2.43. The molecule has 100 valence electrons. The second-order valence-electron chi connectivity index (χ2n) is 5.64. The highest BCUT2D eigenvalue weighted by atomic mass is 16.3. The summed E-state index contributed by atoms with van der Waals surface area (Å²) in [6, 6.07) is 4.25. The van der Waals surface area contributed by atoms with Crippen LogP contribution in [-0.4, -0.2) is 46.3 Å². The lowest BCUT2D eigenvalue weighted by atomic mass is 9.98. The molecule has 1 aromatic rings. The van der Waals surface area contributed by atoms with Gasteiger partial charge in [-0.15, -0.1) is 0 Å². The van der Waals surface area contributed by atoms with Gasteiger partial charge in [-0.05, 0) is 38.4 Å². The summed E-state index contributed by atoms with van der Waals surface area (Å²) in [4.78, 5) is 6.60. The zero-order chi connectivity index (χ0) is 13.0. The molecule has 2 N–H and O–H groups in total. The van der Waals surface area contributed by atoms with Gasteiger partial charge in [0.25, 0.3) is 0 Å². The Morgan fingerprint density at radius 3 is 3.06 bits per heavy atom. The van der Waals surface area contributed by atoms with E-state index in [1.807, 2.05) is 12.3 Å². The predicted molar refractivity (Wildman–Crippen MR) is 72.2 cm³/mol. The molecule has 2 heterocycles. The number of nitrogens with one attached hydrogen (secondary N) is 1. The third-order valence-corrected chi connectivity index (χ3v) is 3.78. The molecule has 1 aliphatic rings. The van der Waals surface area contributed by atoms with E-state index in [0.717, 1.165) is 26.1 Å². The van der Waals surface area contributed by atoms with Crippen LogP contribution in [0.25, 0.3) is 0 Å². The van der Waals surface area contributed by atoms with Crippen LogP contribution in [0.15, 0.2) is 24.5 Å². The Bertz CT molecular complexity index is 367. The molecule has 1 saturated heterocycles. The Hall–Kier alpha value is -0.970. The van der Waals surface area contributed by atoms with E-state index in [2.05, 4.69) is 35.1 Å². The molecule has 1 aromatic heterocycles. The van der Waals surface area contributed by atoms with Crippen LogP contribution in [0.5, 0.6) is 0 Å². The van der Waals surface area contributed by atoms with Crippen LogP contribution in [0.3, 0.4) is 0 Å². The molecule has 1 unspecified atom stereocenters. The van der Waals surface area contributed by atoms with Crippen molar-refractivity contribution in [1.82, 2.24) is 15.2 Å². The van der Waals surface area contributed by atoms with Crippen LogP contribution >= 0.6 is 0 Å². The van der Waals surface area contributed by atoms with Crippen LogP contribution in [-0.2, 0) is 6.54 Å². The van der Waals surface area contributed by atoms with Gasteiger partial charge in [-0.3, -0.25) is 9.88 Å². The molecule has 0 saturated carbocycles. The second-order valence-corrected chi connectivity index (χ2v) is 5.64. The molecule has 0 aliphatic carbocycles. The summed E-state index contributed by atoms with van der Waals surface area (Å²) >= 11 is 0. The molecule has 0 aromatic carbocycles. The maximum Gasteiger partial charge on any atom is 0.0597 e. The summed E-state index contributed by atoms with van der Waals surface area (Å²) in [5.41, 5.74) is 1.37. The minimum atomic E-state index is 0.146. The number of nitrogens with zero attached hydrogens (tertiary/aromatic N) is 2. The zero-order valence-electron chi connectivity index (χ0n) is 11.3. The van der Waals surface area contributed by atoms with Crippen LogP contribution < -0.4 is 5.32 Å². The first-order valence-corrected chi connectivity index (χ1v) is 6.60. The highest BCUT2D eigenvalue weighted by Crippen LogP contribution is 2.23. The summed E-state index contributed by atoms with van der Waals surface area (Å²) < 4.78 is 0. The number of aromatic nitrogens is 1. The van der Waals surface area contributed by atoms with E-state index < -0.39 is 0 Å². The molecule has 0 bridgehead atoms. The quantitative estimate of drug-likeness (QED) is 0.839. The molecule has 0 spiro atoms. The Kier molecular flexibility index (Phi) is 4.32. The highest BCUT2D eigenvalue weighted by Gasteiger charge is 2.31. The van der Waals surface area contributed by atoms with E-state index in [9.17, 15) is 5.11 Å². The first kappa shape index (κ1) is 13.5. The topological polar surface area (TPSA) is 48.4 Å². The Labute approximate surface area is 109 Å². The number of pyridine rings is 1. The molecule has 4 heteroatoms. The summed E-state index contributed by atoms with van der Waals surface area (Å²) in [7, 11) is 0. The minimum absolute atomic E-state index is 0.146. The van der Waals surface area contributed by atoms with Gasteiger partial charge in [0.1, 0.15) is 0 Å². The fourth-order valence-electron chi connectivity index (χ4n) is 2.43. The third kappa shape index (κ3) is 3.28. The lowest BCUT2D eigenvalue weighted by Gasteiger charge is -2.37. The van der Waals surface area contributed by atoms with Crippen molar-refractivity contribution < 1.29 is 5.11 Å². The SMILES string of the molecule is CC1(C)CCNC(CO)CN1Cc1cccnc1. The van der Waals surface area contributed by atoms with Gasteiger partial charge in [-0.1, -0.05) is 6.07 Å². The number of aliphatic hydroxyl groups excluding tert-OH is 1. The summed E-state index contributed by atoms with van der Waals surface area (Å²) in [5.74, 6) is 0. The average Bonchev–Trinajstić information content (AvgIpc) is 2.50. The number of aliphatic hydroxyl groups is 1. The van der Waals surface area contributed by atoms with E-state index in [1.165, 1.54) is 5.56 Å². The molecule has 4 nitrogen and oxygen atoms in total. The standard InChI is InChI=1S/C14H23N3O/c1-14(2)5-7-16-13(11-18)10-17(14)9-12-4-3-6-15-8-12/h3-4,6,8,13,16,18H,5,7,9-11H2,1-2H3. The van der Waals surface area contributed by atoms with Crippen molar-refractivity contribution >= 4 is 0 Å². The maximum atomic E-state index is 9.37. The third-order valence-electron chi connectivity index (χ3n) is 3.78. The maximum absolute atomic E-state index is 9.37. The van der Waals surface area contributed by atoms with E-state index in [4.69, 9.17) is 0 Å². The molecular formula is C14H23N3O. The van der Waals surface area contributed by atoms with Gasteiger partial charge >= 0.3 is 0 Å². The minimum Gasteiger partial charge on any atom is -0.395 e. The molecule has 1 aliphatic heterocycles. The van der Waals surface area contributed by atoms with Crippen LogP contribution in [0.1, 0.15) is 25.8 Å². The van der Waals surface area contributed by atoms with E-state index in [-0.39, 0.29) is 18.2 Å². The average molecular weight is 249 g/mol. The van der Waals surface area contributed by atoms with Gasteiger partial charge in [-0.2, -0.15) is 0 Å². The van der Waals surface area contributed by atoms with Gasteiger partial charge in [0.15, 0.2) is 0 Å². The Morgan fingerprint density at radius 1 is 1.56 bits per heavy atom. The molecular weight excluding hydrogens is 226 g/mol. The molecule has 0 amide bonds. The Balaban J connectivity index is 2.11. The molecule has 1 atom stereocenters. The van der Waals surface area contributed by atoms with Gasteiger partial charge < -0.3 is 10.4 Å². The number of hydrogen-bond donors (Lipinski definition) is 2. The molecule has 2 rings (SSSR count). The van der Waals surface area contributed by atoms with E-state index >= 15 is 0 Å². The number of hydrogen-bond acceptors (Lipinski definition) is 4. The second kappa shape index (κ2) is 5.78. The molecule has 1 fully saturated rings. The van der Waals surface area contributed by atoms with Gasteiger partial charge in [-0.25, -0.2) is 0 Å². The lowest BCUT2D eigenvalue weighted by Crippen LogP contribution is -2.46. The summed E-state index contributed by atoms with van der Waals surface area (Å²) in [5, 5.41) is 12.8. The number of rotatable bonds is 3. The van der Waals surface area contributed by atoms with Crippen molar-refractivity contribution in [3.63, 3.8) is 0 Å². The van der Waals surface area contributed by atoms with Crippen LogP contribution in [0, 0.1) is 0 Å². The lowest BCUT2D eigenvalue weighted by molar-refractivity contribution is 0.100. The first-order chi connectivity index (χ1) is 8.62. The smallest absolute Gasteiger partial charge is 0.0597 e. The van der Waals surface area contributed by atoms with Crippen LogP contribution in [0.2, 0.25) is 0 Å². The normalized spacial score (nSPS) is 24.7. The van der Waals surface area contributed by atoms with Crippen molar-refractivity contribution in [2.45, 2.75) is 38.4 Å². The van der Waals surface area contributed by atoms with E-state index in [1.54, 1.807) is 6.20 Å². The summed E-state index contributed by atoms with van der Waals surface area (Å²) in [6.45, 7) is 7.45. The van der Waals surface area contributed by atoms with Crippen molar-refractivity contribution in [3.8, 4) is 0 Å². The van der Waals surface area contributed by atoms with Crippen molar-refractivity contribution in [2.24, 2.45) is 0 Å². The van der Waals surface area contributed by atoms with Crippen molar-refractivity contribution in [3.05, 3.63) is 30.1 Å². The molecule has 18 heavy (non-hydrogen) atoms. The Morgan fingerprint density at radius 2 is 2.39 bits per heavy atom. The van der Waals surface area contributed by atoms with Crippen molar-refractivity contribution in [2.75, 3.05) is 19.7 Å². The van der Waals surface area contributed by atoms with E-state index in [0.29, 0.717) is 0 Å². The van der Waals surface area contributed by atoms with Gasteiger partial charge in [0, 0.05) is 37.1 Å². The van der Waals surface area contributed by atoms with Crippen molar-refractivity contribution in [1.29, 1.82) is 0 Å². The predicted octanol–water partition coefficient (Wildman–Crippen LogP) is 1.02. The largest absolute Gasteiger partial charge is 0.395 e. The first-order valence-electron chi connectivity index (χ1n) is 6.60. The van der Waals surface area contributed by atoms with Crippen LogP contribution in [0.4, 0.5) is 0 Å². The summed E-state index contributed by atoms with van der Waals surface area (Å²) in [6.07, 6.45) is 4.81. The van der Waals surface area contributed by atoms with Gasteiger partial charge in [0.05, 0.1) is 6.61 Å².